The third-order valence-electron chi connectivity index (χ3n) is 2.99. The summed E-state index contributed by atoms with van der Waals surface area (Å²) in [4.78, 5) is 0. The number of benzene rings is 2. The van der Waals surface area contributed by atoms with E-state index in [1.165, 1.54) is 6.08 Å². The molecule has 7 heteroatoms. The van der Waals surface area contributed by atoms with E-state index in [0.717, 1.165) is 29.7 Å². The average Bonchev–Trinajstić information content (AvgIpc) is 2.46. The minimum absolute atomic E-state index is 0.291. The van der Waals surface area contributed by atoms with Crippen molar-refractivity contribution >= 4 is 27.5 Å². The van der Waals surface area contributed by atoms with Crippen LogP contribution in [0, 0.1) is 0 Å². The third kappa shape index (κ3) is 5.41. The van der Waals surface area contributed by atoms with Gasteiger partial charge >= 0.3 is 6.18 Å². The molecule has 0 heterocycles. The summed E-state index contributed by atoms with van der Waals surface area (Å²) in [5.74, 6) is -0.366. The van der Waals surface area contributed by atoms with Gasteiger partial charge in [0.05, 0.1) is 11.3 Å². The van der Waals surface area contributed by atoms with Crippen molar-refractivity contribution in [3.05, 3.63) is 75.7 Å². The lowest BCUT2D eigenvalue weighted by Crippen LogP contribution is -2.05. The number of sulfone groups is 1. The van der Waals surface area contributed by atoms with E-state index >= 15 is 0 Å². The molecule has 0 saturated heterocycles. The first-order valence-corrected chi connectivity index (χ1v) is 8.58. The summed E-state index contributed by atoms with van der Waals surface area (Å²) in [6.07, 6.45) is -3.03. The van der Waals surface area contributed by atoms with Gasteiger partial charge in [-0.15, -0.1) is 0 Å². The van der Waals surface area contributed by atoms with Gasteiger partial charge in [-0.25, -0.2) is 8.42 Å². The van der Waals surface area contributed by atoms with E-state index in [4.69, 9.17) is 11.6 Å². The van der Waals surface area contributed by atoms with Crippen molar-refractivity contribution in [2.45, 2.75) is 11.9 Å². The highest BCUT2D eigenvalue weighted by molar-refractivity contribution is 7.93. The van der Waals surface area contributed by atoms with Gasteiger partial charge in [0.25, 0.3) is 0 Å². The van der Waals surface area contributed by atoms with Crippen LogP contribution in [0.3, 0.4) is 0 Å². The quantitative estimate of drug-likeness (QED) is 0.773. The zero-order chi connectivity index (χ0) is 17.1. The van der Waals surface area contributed by atoms with Crippen molar-refractivity contribution in [1.82, 2.24) is 0 Å². The van der Waals surface area contributed by atoms with Crippen LogP contribution in [0.4, 0.5) is 13.2 Å². The molecule has 0 saturated carbocycles. The van der Waals surface area contributed by atoms with Crippen molar-refractivity contribution in [2.24, 2.45) is 0 Å². The topological polar surface area (TPSA) is 34.1 Å². The molecule has 0 atom stereocenters. The van der Waals surface area contributed by atoms with Gasteiger partial charge in [-0.1, -0.05) is 35.9 Å². The van der Waals surface area contributed by atoms with Crippen LogP contribution in [0.25, 0.3) is 6.08 Å². The first-order chi connectivity index (χ1) is 10.7. The molecule has 0 radical (unpaired) electrons. The highest BCUT2D eigenvalue weighted by Gasteiger charge is 2.30. The second-order valence-corrected chi connectivity index (χ2v) is 7.18. The molecular weight excluding hydrogens is 349 g/mol. The fourth-order valence-corrected chi connectivity index (χ4v) is 3.07. The Hall–Kier alpha value is -1.79. The van der Waals surface area contributed by atoms with Crippen LogP contribution >= 0.6 is 11.6 Å². The molecule has 0 bridgehead atoms. The standard InChI is InChI=1S/C16H12ClF3O2S/c17-15-7-3-12(4-8-15)9-10-23(21,22)11-13-1-5-14(6-2-13)16(18,19)20/h1-10H,11H2. The van der Waals surface area contributed by atoms with Gasteiger partial charge in [0.1, 0.15) is 0 Å². The molecule has 23 heavy (non-hydrogen) atoms. The van der Waals surface area contributed by atoms with Gasteiger partial charge in [-0.3, -0.25) is 0 Å². The molecule has 0 aliphatic carbocycles. The summed E-state index contributed by atoms with van der Waals surface area (Å²) in [6.45, 7) is 0. The fourth-order valence-electron chi connectivity index (χ4n) is 1.83. The van der Waals surface area contributed by atoms with Crippen LogP contribution < -0.4 is 0 Å². The molecule has 2 rings (SSSR count). The summed E-state index contributed by atoms with van der Waals surface area (Å²) in [6, 6.07) is 10.6. The smallest absolute Gasteiger partial charge is 0.224 e. The summed E-state index contributed by atoms with van der Waals surface area (Å²) in [5, 5.41) is 1.57. The molecule has 122 valence electrons. The van der Waals surface area contributed by atoms with Gasteiger partial charge < -0.3 is 0 Å². The molecule has 0 spiro atoms. The molecule has 0 unspecified atom stereocenters. The lowest BCUT2D eigenvalue weighted by molar-refractivity contribution is -0.137. The monoisotopic (exact) mass is 360 g/mol. The first kappa shape index (κ1) is 17.6. The lowest BCUT2D eigenvalue weighted by atomic mass is 10.1. The van der Waals surface area contributed by atoms with Crippen LogP contribution in [-0.2, 0) is 21.8 Å². The van der Waals surface area contributed by atoms with Crippen LogP contribution in [0.2, 0.25) is 5.02 Å². The zero-order valence-corrected chi connectivity index (χ0v) is 13.3. The molecule has 0 aliphatic rings. The fraction of sp³-hybridized carbons (Fsp3) is 0.125. The van der Waals surface area contributed by atoms with E-state index in [-0.39, 0.29) is 5.75 Å². The Morgan fingerprint density at radius 1 is 0.957 bits per heavy atom. The predicted octanol–water partition coefficient (Wildman–Crippen LogP) is 4.94. The van der Waals surface area contributed by atoms with E-state index in [2.05, 4.69) is 0 Å². The van der Waals surface area contributed by atoms with E-state index in [0.29, 0.717) is 16.1 Å². The molecule has 0 aliphatic heterocycles. The maximum Gasteiger partial charge on any atom is 0.416 e. The largest absolute Gasteiger partial charge is 0.416 e. The SMILES string of the molecule is O=S(=O)(C=Cc1ccc(Cl)cc1)Cc1ccc(C(F)(F)F)cc1. The Morgan fingerprint density at radius 3 is 2.04 bits per heavy atom. The van der Waals surface area contributed by atoms with Gasteiger partial charge in [-0.2, -0.15) is 13.2 Å². The van der Waals surface area contributed by atoms with Gasteiger partial charge in [0.2, 0.25) is 0 Å². The van der Waals surface area contributed by atoms with E-state index in [1.54, 1.807) is 24.3 Å². The Labute approximate surface area is 137 Å². The second kappa shape index (κ2) is 6.76. The third-order valence-corrected chi connectivity index (χ3v) is 4.53. The van der Waals surface area contributed by atoms with Crippen LogP contribution in [0.1, 0.15) is 16.7 Å². The maximum absolute atomic E-state index is 12.5. The maximum atomic E-state index is 12.5. The molecule has 2 nitrogen and oxygen atoms in total. The minimum atomic E-state index is -4.44. The van der Waals surface area contributed by atoms with Crippen molar-refractivity contribution in [1.29, 1.82) is 0 Å². The predicted molar refractivity (Wildman–Crippen MR) is 84.6 cm³/mol. The number of hydrogen-bond donors (Lipinski definition) is 0. The molecular formula is C16H12ClF3O2S. The Bertz CT molecular complexity index is 793. The van der Waals surface area contributed by atoms with Crippen LogP contribution in [0.5, 0.6) is 0 Å². The van der Waals surface area contributed by atoms with Crippen LogP contribution in [-0.4, -0.2) is 8.42 Å². The van der Waals surface area contributed by atoms with Gasteiger partial charge in [0, 0.05) is 10.4 Å². The zero-order valence-electron chi connectivity index (χ0n) is 11.7. The highest BCUT2D eigenvalue weighted by atomic mass is 35.5. The van der Waals surface area contributed by atoms with Gasteiger partial charge in [0.15, 0.2) is 9.84 Å². The number of halogens is 4. The minimum Gasteiger partial charge on any atom is -0.224 e. The average molecular weight is 361 g/mol. The van der Waals surface area contributed by atoms with Crippen molar-refractivity contribution < 1.29 is 21.6 Å². The van der Waals surface area contributed by atoms with E-state index in [9.17, 15) is 21.6 Å². The number of rotatable bonds is 4. The van der Waals surface area contributed by atoms with E-state index in [1.807, 2.05) is 0 Å². The molecule has 0 N–H and O–H groups in total. The molecule has 2 aromatic carbocycles. The van der Waals surface area contributed by atoms with Crippen LogP contribution in [0.15, 0.2) is 53.9 Å². The Morgan fingerprint density at radius 2 is 1.52 bits per heavy atom. The van der Waals surface area contributed by atoms with Crippen molar-refractivity contribution in [2.75, 3.05) is 0 Å². The van der Waals surface area contributed by atoms with Crippen molar-refractivity contribution in [3.63, 3.8) is 0 Å². The summed E-state index contributed by atoms with van der Waals surface area (Å²) in [7, 11) is -3.59. The first-order valence-electron chi connectivity index (χ1n) is 6.48. The Kier molecular flexibility index (Phi) is 5.16. The highest BCUT2D eigenvalue weighted by Crippen LogP contribution is 2.29. The molecule has 0 amide bonds. The summed E-state index contributed by atoms with van der Waals surface area (Å²) >= 11 is 5.73. The van der Waals surface area contributed by atoms with E-state index < -0.39 is 21.6 Å². The Balaban J connectivity index is 2.10. The molecule has 0 aromatic heterocycles. The normalized spacial score (nSPS) is 12.7. The summed E-state index contributed by atoms with van der Waals surface area (Å²) in [5.41, 5.74) is 0.138. The van der Waals surface area contributed by atoms with Crippen molar-refractivity contribution in [3.8, 4) is 0 Å². The number of hydrogen-bond acceptors (Lipinski definition) is 2. The van der Waals surface area contributed by atoms with Gasteiger partial charge in [-0.05, 0) is 41.5 Å². The molecule has 2 aromatic rings. The number of alkyl halides is 3. The second-order valence-electron chi connectivity index (χ2n) is 4.86. The molecule has 0 fully saturated rings. The lowest BCUT2D eigenvalue weighted by Gasteiger charge is -2.07. The summed E-state index contributed by atoms with van der Waals surface area (Å²) < 4.78 is 61.3.